The van der Waals surface area contributed by atoms with E-state index in [2.05, 4.69) is 11.9 Å². The van der Waals surface area contributed by atoms with E-state index >= 15 is 0 Å². The molecule has 3 rings (SSSR count). The molecular formula is C15H16ClNO2. The molecule has 3 nitrogen and oxygen atoms in total. The quantitative estimate of drug-likeness (QED) is 0.792. The highest BCUT2D eigenvalue weighted by molar-refractivity contribution is 6.36. The monoisotopic (exact) mass is 277 g/mol. The fourth-order valence-corrected chi connectivity index (χ4v) is 2.87. The Morgan fingerprint density at radius 2 is 1.89 bits per heavy atom. The van der Waals surface area contributed by atoms with Crippen LogP contribution in [-0.4, -0.2) is 18.2 Å². The van der Waals surface area contributed by atoms with Gasteiger partial charge in [-0.1, -0.05) is 18.5 Å². The van der Waals surface area contributed by atoms with E-state index in [-0.39, 0.29) is 0 Å². The molecule has 0 aliphatic carbocycles. The van der Waals surface area contributed by atoms with E-state index in [4.69, 9.17) is 21.1 Å². The molecule has 0 atom stereocenters. The summed E-state index contributed by atoms with van der Waals surface area (Å²) in [5, 5.41) is 1.72. The molecule has 1 aliphatic heterocycles. The number of halogens is 1. The maximum Gasteiger partial charge on any atom is 0.163 e. The van der Waals surface area contributed by atoms with Gasteiger partial charge >= 0.3 is 0 Å². The number of benzene rings is 1. The molecule has 0 radical (unpaired) electrons. The maximum atomic E-state index is 6.49. The third-order valence-electron chi connectivity index (χ3n) is 3.45. The molecule has 0 unspecified atom stereocenters. The lowest BCUT2D eigenvalue weighted by molar-refractivity contribution is 0.297. The molecule has 1 aromatic heterocycles. The van der Waals surface area contributed by atoms with Crippen LogP contribution in [0.5, 0.6) is 11.5 Å². The van der Waals surface area contributed by atoms with Crippen molar-refractivity contribution < 1.29 is 9.47 Å². The Morgan fingerprint density at radius 1 is 1.21 bits per heavy atom. The highest BCUT2D eigenvalue weighted by atomic mass is 35.5. The Bertz CT molecular complexity index is 640. The second kappa shape index (κ2) is 4.89. The average molecular weight is 278 g/mol. The maximum absolute atomic E-state index is 6.49. The molecule has 0 amide bonds. The van der Waals surface area contributed by atoms with Gasteiger partial charge in [-0.05, 0) is 25.0 Å². The zero-order chi connectivity index (χ0) is 13.4. The summed E-state index contributed by atoms with van der Waals surface area (Å²) in [4.78, 5) is 4.63. The van der Waals surface area contributed by atoms with Crippen LogP contribution in [0.4, 0.5) is 0 Å². The molecular weight excluding hydrogens is 262 g/mol. The van der Waals surface area contributed by atoms with Crippen LogP contribution < -0.4 is 9.47 Å². The summed E-state index contributed by atoms with van der Waals surface area (Å²) in [6.45, 7) is 5.44. The summed E-state index contributed by atoms with van der Waals surface area (Å²) in [5.41, 5.74) is 2.95. The normalized spacial score (nSPS) is 14.5. The van der Waals surface area contributed by atoms with Gasteiger partial charge in [-0.15, -0.1) is 0 Å². The molecule has 2 aromatic rings. The van der Waals surface area contributed by atoms with Gasteiger partial charge in [0, 0.05) is 23.6 Å². The summed E-state index contributed by atoms with van der Waals surface area (Å²) in [7, 11) is 0. The number of hydrogen-bond acceptors (Lipinski definition) is 3. The Balaban J connectivity index is 2.26. The highest BCUT2D eigenvalue weighted by Crippen LogP contribution is 2.37. The number of fused-ring (bicyclic) bond motifs is 2. The molecule has 19 heavy (non-hydrogen) atoms. The van der Waals surface area contributed by atoms with Crippen molar-refractivity contribution in [2.24, 2.45) is 0 Å². The minimum atomic E-state index is 0.677. The fraction of sp³-hybridized carbons (Fsp3) is 0.400. The molecule has 1 aliphatic rings. The van der Waals surface area contributed by atoms with Crippen LogP contribution in [-0.2, 0) is 6.42 Å². The Hall–Kier alpha value is -1.48. The van der Waals surface area contributed by atoms with Gasteiger partial charge in [0.05, 0.1) is 23.8 Å². The Labute approximate surface area is 117 Å². The lowest BCUT2D eigenvalue weighted by Gasteiger charge is -2.12. The Kier molecular flexibility index (Phi) is 3.23. The third kappa shape index (κ3) is 2.12. The number of nitrogens with zero attached hydrogens (tertiary/aromatic N) is 1. The van der Waals surface area contributed by atoms with Crippen LogP contribution in [0.1, 0.15) is 24.6 Å². The van der Waals surface area contributed by atoms with Crippen molar-refractivity contribution >= 4 is 22.5 Å². The molecule has 0 spiro atoms. The standard InChI is InChI=1S/C15H16ClNO2/c1-3-10-9(2)17-12-8-14-13(7-11(12)15(10)16)18-5-4-6-19-14/h7-8H,3-6H2,1-2H3. The first kappa shape index (κ1) is 12.5. The lowest BCUT2D eigenvalue weighted by Crippen LogP contribution is -1.97. The van der Waals surface area contributed by atoms with Gasteiger partial charge in [0.25, 0.3) is 0 Å². The molecule has 0 saturated heterocycles. The number of aryl methyl sites for hydroxylation is 1. The average Bonchev–Trinajstić information content (AvgIpc) is 2.62. The van der Waals surface area contributed by atoms with Crippen LogP contribution in [0.25, 0.3) is 10.9 Å². The van der Waals surface area contributed by atoms with E-state index in [1.807, 2.05) is 19.1 Å². The number of aromatic nitrogens is 1. The van der Waals surface area contributed by atoms with Gasteiger partial charge in [0.1, 0.15) is 0 Å². The van der Waals surface area contributed by atoms with Crippen molar-refractivity contribution in [3.63, 3.8) is 0 Å². The van der Waals surface area contributed by atoms with Gasteiger partial charge < -0.3 is 9.47 Å². The number of pyridine rings is 1. The van der Waals surface area contributed by atoms with Crippen molar-refractivity contribution in [2.45, 2.75) is 26.7 Å². The van der Waals surface area contributed by atoms with E-state index in [0.29, 0.717) is 13.2 Å². The van der Waals surface area contributed by atoms with E-state index < -0.39 is 0 Å². The van der Waals surface area contributed by atoms with Crippen LogP contribution in [0.2, 0.25) is 5.02 Å². The fourth-order valence-electron chi connectivity index (χ4n) is 2.45. The van der Waals surface area contributed by atoms with Crippen LogP contribution in [0.15, 0.2) is 12.1 Å². The molecule has 4 heteroatoms. The summed E-state index contributed by atoms with van der Waals surface area (Å²) in [6.07, 6.45) is 1.77. The van der Waals surface area contributed by atoms with Gasteiger partial charge in [0.2, 0.25) is 0 Å². The second-order valence-electron chi connectivity index (χ2n) is 4.71. The van der Waals surface area contributed by atoms with E-state index in [1.165, 1.54) is 0 Å². The van der Waals surface area contributed by atoms with Gasteiger partial charge in [-0.25, -0.2) is 0 Å². The highest BCUT2D eigenvalue weighted by Gasteiger charge is 2.16. The van der Waals surface area contributed by atoms with Gasteiger partial charge in [0.15, 0.2) is 11.5 Å². The largest absolute Gasteiger partial charge is 0.490 e. The first-order valence-corrected chi connectivity index (χ1v) is 6.97. The van der Waals surface area contributed by atoms with Crippen LogP contribution >= 0.6 is 11.6 Å². The topological polar surface area (TPSA) is 31.4 Å². The van der Waals surface area contributed by atoms with Crippen LogP contribution in [0.3, 0.4) is 0 Å². The third-order valence-corrected chi connectivity index (χ3v) is 3.88. The van der Waals surface area contributed by atoms with E-state index in [9.17, 15) is 0 Å². The SMILES string of the molecule is CCc1c(C)nc2cc3c(cc2c1Cl)OCCCO3. The second-order valence-corrected chi connectivity index (χ2v) is 5.09. The summed E-state index contributed by atoms with van der Waals surface area (Å²) in [5.74, 6) is 1.52. The van der Waals surface area contributed by atoms with Crippen molar-refractivity contribution in [3.05, 3.63) is 28.4 Å². The minimum Gasteiger partial charge on any atom is -0.490 e. The predicted molar refractivity (Wildman–Crippen MR) is 76.5 cm³/mol. The molecule has 0 bridgehead atoms. The summed E-state index contributed by atoms with van der Waals surface area (Å²) in [6, 6.07) is 3.87. The summed E-state index contributed by atoms with van der Waals surface area (Å²) >= 11 is 6.49. The minimum absolute atomic E-state index is 0.677. The van der Waals surface area contributed by atoms with Gasteiger partial charge in [-0.2, -0.15) is 0 Å². The Morgan fingerprint density at radius 3 is 2.58 bits per heavy atom. The predicted octanol–water partition coefficient (Wildman–Crippen LogP) is 3.92. The van der Waals surface area contributed by atoms with E-state index in [0.717, 1.165) is 51.5 Å². The van der Waals surface area contributed by atoms with Gasteiger partial charge in [-0.3, -0.25) is 4.98 Å². The first-order valence-electron chi connectivity index (χ1n) is 6.59. The van der Waals surface area contributed by atoms with Crippen molar-refractivity contribution in [1.82, 2.24) is 4.98 Å². The molecule has 0 fully saturated rings. The van der Waals surface area contributed by atoms with Crippen molar-refractivity contribution in [2.75, 3.05) is 13.2 Å². The van der Waals surface area contributed by atoms with Crippen LogP contribution in [0, 0.1) is 6.92 Å². The smallest absolute Gasteiger partial charge is 0.163 e. The first-order chi connectivity index (χ1) is 9.20. The molecule has 0 N–H and O–H groups in total. The molecule has 100 valence electrons. The zero-order valence-electron chi connectivity index (χ0n) is 11.1. The molecule has 2 heterocycles. The van der Waals surface area contributed by atoms with E-state index in [1.54, 1.807) is 0 Å². The van der Waals surface area contributed by atoms with Crippen molar-refractivity contribution in [1.29, 1.82) is 0 Å². The zero-order valence-corrected chi connectivity index (χ0v) is 11.9. The summed E-state index contributed by atoms with van der Waals surface area (Å²) < 4.78 is 11.4. The molecule has 1 aromatic carbocycles. The van der Waals surface area contributed by atoms with Crippen molar-refractivity contribution in [3.8, 4) is 11.5 Å². The molecule has 0 saturated carbocycles. The lowest BCUT2D eigenvalue weighted by atomic mass is 10.1. The number of rotatable bonds is 1. The number of ether oxygens (including phenoxy) is 2. The number of hydrogen-bond donors (Lipinski definition) is 0.